The second kappa shape index (κ2) is 10.3. The first-order chi connectivity index (χ1) is 12.9. The number of nitrogens with two attached hydrogens (primary N) is 1. The minimum absolute atomic E-state index is 0.332. The summed E-state index contributed by atoms with van der Waals surface area (Å²) in [7, 11) is 0. The van der Waals surface area contributed by atoms with Crippen LogP contribution >= 0.6 is 0 Å². The van der Waals surface area contributed by atoms with Gasteiger partial charge in [0.05, 0.1) is 25.2 Å². The maximum atomic E-state index is 11.5. The van der Waals surface area contributed by atoms with Gasteiger partial charge in [-0.15, -0.1) is 0 Å². The van der Waals surface area contributed by atoms with Gasteiger partial charge in [0, 0.05) is 32.7 Å². The van der Waals surface area contributed by atoms with Crippen LogP contribution in [0, 0.1) is 5.41 Å². The Kier molecular flexibility index (Phi) is 8.06. The van der Waals surface area contributed by atoms with Gasteiger partial charge in [-0.25, -0.2) is 4.99 Å². The van der Waals surface area contributed by atoms with Gasteiger partial charge in [0.1, 0.15) is 0 Å². The Morgan fingerprint density at radius 3 is 2.52 bits per heavy atom. The number of ether oxygens (including phenoxy) is 1. The van der Waals surface area contributed by atoms with Crippen molar-refractivity contribution in [3.05, 3.63) is 35.4 Å². The number of morpholine rings is 1. The van der Waals surface area contributed by atoms with E-state index in [1.807, 2.05) is 26.8 Å². The van der Waals surface area contributed by atoms with E-state index in [-0.39, 0.29) is 5.91 Å². The molecule has 7 heteroatoms. The van der Waals surface area contributed by atoms with Crippen LogP contribution in [0.5, 0.6) is 0 Å². The lowest BCUT2D eigenvalue weighted by molar-refractivity contribution is -0.125. The van der Waals surface area contributed by atoms with Crippen molar-refractivity contribution in [3.8, 4) is 0 Å². The normalized spacial score (nSPS) is 16.2. The molecule has 1 heterocycles. The van der Waals surface area contributed by atoms with Crippen molar-refractivity contribution in [3.63, 3.8) is 0 Å². The van der Waals surface area contributed by atoms with E-state index in [4.69, 9.17) is 15.5 Å². The largest absolute Gasteiger partial charge is 0.379 e. The number of guanidine groups is 1. The molecule has 1 aliphatic rings. The van der Waals surface area contributed by atoms with Crippen LogP contribution in [0.2, 0.25) is 0 Å². The molecule has 1 aliphatic heterocycles. The van der Waals surface area contributed by atoms with Crippen LogP contribution in [0.25, 0.3) is 0 Å². The number of benzene rings is 1. The molecule has 0 aliphatic carbocycles. The van der Waals surface area contributed by atoms with Gasteiger partial charge in [-0.2, -0.15) is 0 Å². The standard InChI is InChI=1S/C20H33N5O2/c1-4-22-19(24-15-20(2,3)18(21)26)23-13-16-7-5-6-8-17(16)14-25-9-11-27-12-10-25/h5-8H,4,9-15H2,1-3H3,(H2,21,26)(H2,22,23,24). The molecule has 1 amide bonds. The second-order valence-electron chi connectivity index (χ2n) is 7.45. The van der Waals surface area contributed by atoms with E-state index < -0.39 is 5.41 Å². The quantitative estimate of drug-likeness (QED) is 0.467. The van der Waals surface area contributed by atoms with Gasteiger partial charge in [-0.3, -0.25) is 9.69 Å². The zero-order chi connectivity index (χ0) is 19.7. The van der Waals surface area contributed by atoms with E-state index in [1.54, 1.807) is 0 Å². The van der Waals surface area contributed by atoms with Crippen molar-refractivity contribution in [2.75, 3.05) is 39.4 Å². The van der Waals surface area contributed by atoms with E-state index in [2.05, 4.69) is 33.7 Å². The highest BCUT2D eigenvalue weighted by Crippen LogP contribution is 2.15. The molecule has 2 rings (SSSR count). The summed E-state index contributed by atoms with van der Waals surface area (Å²) in [6, 6.07) is 8.40. The van der Waals surface area contributed by atoms with Crippen LogP contribution < -0.4 is 16.4 Å². The molecule has 150 valence electrons. The zero-order valence-electron chi connectivity index (χ0n) is 16.8. The van der Waals surface area contributed by atoms with Crippen molar-refractivity contribution < 1.29 is 9.53 Å². The number of amides is 1. The number of aliphatic imine (C=N–C) groups is 1. The van der Waals surface area contributed by atoms with Crippen LogP contribution in [0.1, 0.15) is 31.9 Å². The first-order valence-corrected chi connectivity index (χ1v) is 9.61. The molecular formula is C20H33N5O2. The Morgan fingerprint density at radius 2 is 1.89 bits per heavy atom. The van der Waals surface area contributed by atoms with E-state index >= 15 is 0 Å². The molecule has 1 aromatic carbocycles. The fraction of sp³-hybridized carbons (Fsp3) is 0.600. The summed E-state index contributed by atoms with van der Waals surface area (Å²) in [4.78, 5) is 18.6. The number of hydrogen-bond acceptors (Lipinski definition) is 4. The highest BCUT2D eigenvalue weighted by molar-refractivity contribution is 5.83. The fourth-order valence-corrected chi connectivity index (χ4v) is 2.76. The molecule has 7 nitrogen and oxygen atoms in total. The maximum Gasteiger partial charge on any atom is 0.224 e. The Balaban J connectivity index is 2.03. The van der Waals surface area contributed by atoms with Crippen LogP contribution in [0.3, 0.4) is 0 Å². The smallest absolute Gasteiger partial charge is 0.224 e. The van der Waals surface area contributed by atoms with Gasteiger partial charge in [-0.1, -0.05) is 24.3 Å². The average Bonchev–Trinajstić information content (AvgIpc) is 2.66. The molecule has 0 spiro atoms. The summed E-state index contributed by atoms with van der Waals surface area (Å²) in [5, 5.41) is 6.45. The Labute approximate surface area is 162 Å². The summed E-state index contributed by atoms with van der Waals surface area (Å²) < 4.78 is 5.43. The predicted octanol–water partition coefficient (Wildman–Crippen LogP) is 1.09. The SMILES string of the molecule is CCNC(=NCc1ccccc1CN1CCOCC1)NCC(C)(C)C(N)=O. The van der Waals surface area contributed by atoms with Crippen LogP contribution in [0.4, 0.5) is 0 Å². The third-order valence-corrected chi connectivity index (χ3v) is 4.73. The van der Waals surface area contributed by atoms with Crippen LogP contribution in [0.15, 0.2) is 29.3 Å². The second-order valence-corrected chi connectivity index (χ2v) is 7.45. The number of carbonyl (C=O) groups is 1. The predicted molar refractivity (Wildman–Crippen MR) is 108 cm³/mol. The summed E-state index contributed by atoms with van der Waals surface area (Å²) in [6.07, 6.45) is 0. The molecule has 0 radical (unpaired) electrons. The number of rotatable bonds is 8. The summed E-state index contributed by atoms with van der Waals surface area (Å²) >= 11 is 0. The summed E-state index contributed by atoms with van der Waals surface area (Å²) in [6.45, 7) is 11.8. The van der Waals surface area contributed by atoms with E-state index in [0.717, 1.165) is 39.4 Å². The number of nitrogens with one attached hydrogen (secondary N) is 2. The molecule has 0 bridgehead atoms. The minimum Gasteiger partial charge on any atom is -0.379 e. The lowest BCUT2D eigenvalue weighted by Gasteiger charge is -2.27. The molecule has 4 N–H and O–H groups in total. The zero-order valence-corrected chi connectivity index (χ0v) is 16.8. The van der Waals surface area contributed by atoms with Crippen molar-refractivity contribution >= 4 is 11.9 Å². The highest BCUT2D eigenvalue weighted by atomic mass is 16.5. The monoisotopic (exact) mass is 375 g/mol. The molecule has 0 atom stereocenters. The summed E-state index contributed by atoms with van der Waals surface area (Å²) in [5.74, 6) is 0.356. The lowest BCUT2D eigenvalue weighted by atomic mass is 9.93. The Morgan fingerprint density at radius 1 is 1.22 bits per heavy atom. The highest BCUT2D eigenvalue weighted by Gasteiger charge is 2.25. The van der Waals surface area contributed by atoms with Gasteiger partial charge in [-0.05, 0) is 31.9 Å². The van der Waals surface area contributed by atoms with E-state index in [9.17, 15) is 4.79 Å². The van der Waals surface area contributed by atoms with Gasteiger partial charge >= 0.3 is 0 Å². The van der Waals surface area contributed by atoms with Gasteiger partial charge in [0.25, 0.3) is 0 Å². The Hall–Kier alpha value is -2.12. The first kappa shape index (κ1) is 21.2. The summed E-state index contributed by atoms with van der Waals surface area (Å²) in [5.41, 5.74) is 7.31. The lowest BCUT2D eigenvalue weighted by Crippen LogP contribution is -2.46. The molecule has 1 saturated heterocycles. The third kappa shape index (κ3) is 6.84. The third-order valence-electron chi connectivity index (χ3n) is 4.73. The van der Waals surface area contributed by atoms with Gasteiger partial charge < -0.3 is 21.1 Å². The van der Waals surface area contributed by atoms with Crippen LogP contribution in [-0.2, 0) is 22.6 Å². The molecule has 0 saturated carbocycles. The first-order valence-electron chi connectivity index (χ1n) is 9.61. The molecule has 0 aromatic heterocycles. The molecule has 1 fully saturated rings. The Bertz CT molecular complexity index is 639. The van der Waals surface area contributed by atoms with E-state index in [0.29, 0.717) is 19.0 Å². The van der Waals surface area contributed by atoms with Gasteiger partial charge in [0.15, 0.2) is 5.96 Å². The van der Waals surface area contributed by atoms with Crippen molar-refractivity contribution in [2.45, 2.75) is 33.9 Å². The topological polar surface area (TPSA) is 92.0 Å². The maximum absolute atomic E-state index is 11.5. The average molecular weight is 376 g/mol. The number of hydrogen-bond donors (Lipinski definition) is 3. The fourth-order valence-electron chi connectivity index (χ4n) is 2.76. The minimum atomic E-state index is -0.634. The number of carbonyl (C=O) groups excluding carboxylic acids is 1. The van der Waals surface area contributed by atoms with Crippen molar-refractivity contribution in [1.29, 1.82) is 0 Å². The van der Waals surface area contributed by atoms with Crippen molar-refractivity contribution in [2.24, 2.45) is 16.1 Å². The van der Waals surface area contributed by atoms with Crippen LogP contribution in [-0.4, -0.2) is 56.2 Å². The number of nitrogens with zero attached hydrogens (tertiary/aromatic N) is 2. The molecule has 0 unspecified atom stereocenters. The van der Waals surface area contributed by atoms with E-state index in [1.165, 1.54) is 11.1 Å². The van der Waals surface area contributed by atoms with Crippen molar-refractivity contribution in [1.82, 2.24) is 15.5 Å². The molecular weight excluding hydrogens is 342 g/mol. The molecule has 1 aromatic rings. The number of primary amides is 1. The van der Waals surface area contributed by atoms with Gasteiger partial charge in [0.2, 0.25) is 5.91 Å². The molecule has 27 heavy (non-hydrogen) atoms.